The molecule has 0 saturated heterocycles. The molecule has 0 unspecified atom stereocenters. The first-order valence-electron chi connectivity index (χ1n) is 4.38. The largest absolute Gasteiger partial charge is 0.300 e. The molecule has 1 aromatic carbocycles. The van der Waals surface area contributed by atoms with Gasteiger partial charge in [-0.15, -0.1) is 0 Å². The van der Waals surface area contributed by atoms with Gasteiger partial charge in [0, 0.05) is 5.56 Å². The first kappa shape index (κ1) is 10.5. The molecule has 0 fully saturated rings. The van der Waals surface area contributed by atoms with Crippen LogP contribution in [0.2, 0.25) is 0 Å². The average molecular weight is 187 g/mol. The summed E-state index contributed by atoms with van der Waals surface area (Å²) in [4.78, 5) is 4.42. The van der Waals surface area contributed by atoms with Gasteiger partial charge in [0.05, 0.1) is 6.61 Å². The molecule has 0 heterocycles. The summed E-state index contributed by atoms with van der Waals surface area (Å²) in [7, 11) is 0. The molecule has 0 aliphatic carbocycles. The Kier molecular flexibility index (Phi) is 4.49. The van der Waals surface area contributed by atoms with Crippen LogP contribution in [-0.2, 0) is 4.84 Å². The minimum Gasteiger partial charge on any atom is -0.300 e. The van der Waals surface area contributed by atoms with E-state index in [1.807, 2.05) is 43.3 Å². The van der Waals surface area contributed by atoms with Crippen LogP contribution in [0.3, 0.4) is 0 Å². The van der Waals surface area contributed by atoms with E-state index in [9.17, 15) is 0 Å². The Morgan fingerprint density at radius 1 is 1.43 bits per heavy atom. The zero-order valence-corrected chi connectivity index (χ0v) is 8.16. The predicted octanol–water partition coefficient (Wildman–Crippen LogP) is 1.87. The Balaban J connectivity index is 2.64. The number of hydrogen-bond acceptors (Lipinski definition) is 2. The second kappa shape index (κ2) is 5.98. The molecule has 1 rings (SSSR count). The molecule has 72 valence electrons. The molecule has 0 amide bonds. The summed E-state index contributed by atoms with van der Waals surface area (Å²) >= 11 is 0. The predicted molar refractivity (Wildman–Crippen MR) is 57.2 cm³/mol. The van der Waals surface area contributed by atoms with Gasteiger partial charge in [-0.05, 0) is 30.7 Å². The molecule has 0 spiro atoms. The Morgan fingerprint density at radius 3 is 2.79 bits per heavy atom. The van der Waals surface area contributed by atoms with Crippen LogP contribution in [0.5, 0.6) is 0 Å². The van der Waals surface area contributed by atoms with Crippen molar-refractivity contribution in [3.8, 4) is 11.8 Å². The van der Waals surface area contributed by atoms with Gasteiger partial charge in [0.15, 0.2) is 0 Å². The van der Waals surface area contributed by atoms with Gasteiger partial charge in [-0.25, -0.2) is 5.90 Å². The first-order valence-corrected chi connectivity index (χ1v) is 4.38. The van der Waals surface area contributed by atoms with Crippen molar-refractivity contribution in [2.45, 2.75) is 6.92 Å². The Labute approximate surface area is 84.3 Å². The average Bonchev–Trinajstić information content (AvgIpc) is 2.25. The molecule has 1 aromatic rings. The van der Waals surface area contributed by atoms with Gasteiger partial charge in [0.25, 0.3) is 0 Å². The molecular formula is C12H13NO. The maximum atomic E-state index is 4.89. The monoisotopic (exact) mass is 187 g/mol. The van der Waals surface area contributed by atoms with Crippen molar-refractivity contribution in [1.29, 1.82) is 0 Å². The van der Waals surface area contributed by atoms with E-state index in [1.165, 1.54) is 0 Å². The lowest BCUT2D eigenvalue weighted by atomic mass is 10.2. The molecule has 14 heavy (non-hydrogen) atoms. The van der Waals surface area contributed by atoms with E-state index >= 15 is 0 Å². The SMILES string of the molecule is C/C(C#Cc1ccccc1)=C\CON. The summed E-state index contributed by atoms with van der Waals surface area (Å²) in [6.07, 6.45) is 1.84. The molecule has 2 heteroatoms. The Bertz CT molecular complexity index is 357. The zero-order valence-electron chi connectivity index (χ0n) is 8.16. The summed E-state index contributed by atoms with van der Waals surface area (Å²) < 4.78 is 0. The highest BCUT2D eigenvalue weighted by atomic mass is 16.6. The maximum Gasteiger partial charge on any atom is 0.0872 e. The topological polar surface area (TPSA) is 35.2 Å². The number of benzene rings is 1. The van der Waals surface area contributed by atoms with E-state index in [1.54, 1.807) is 0 Å². The van der Waals surface area contributed by atoms with Gasteiger partial charge < -0.3 is 4.84 Å². The smallest absolute Gasteiger partial charge is 0.0872 e. The van der Waals surface area contributed by atoms with Crippen molar-refractivity contribution in [2.24, 2.45) is 5.90 Å². The zero-order chi connectivity index (χ0) is 10.2. The van der Waals surface area contributed by atoms with E-state index in [0.717, 1.165) is 11.1 Å². The fourth-order valence-electron chi connectivity index (χ4n) is 0.916. The fraction of sp³-hybridized carbons (Fsp3) is 0.167. The highest BCUT2D eigenvalue weighted by Crippen LogP contribution is 1.96. The van der Waals surface area contributed by atoms with Crippen molar-refractivity contribution >= 4 is 0 Å². The second-order valence-corrected chi connectivity index (χ2v) is 2.84. The van der Waals surface area contributed by atoms with Gasteiger partial charge >= 0.3 is 0 Å². The Hall–Kier alpha value is -1.56. The summed E-state index contributed by atoms with van der Waals surface area (Å²) in [5.41, 5.74) is 1.97. The highest BCUT2D eigenvalue weighted by Gasteiger charge is 1.83. The Morgan fingerprint density at radius 2 is 2.14 bits per heavy atom. The molecular weight excluding hydrogens is 174 g/mol. The van der Waals surface area contributed by atoms with Gasteiger partial charge in [-0.3, -0.25) is 0 Å². The van der Waals surface area contributed by atoms with Crippen LogP contribution in [0.15, 0.2) is 42.0 Å². The summed E-state index contributed by atoms with van der Waals surface area (Å²) in [6.45, 7) is 2.32. The third-order valence-electron chi connectivity index (χ3n) is 1.66. The number of rotatable bonds is 2. The van der Waals surface area contributed by atoms with Crippen molar-refractivity contribution in [3.63, 3.8) is 0 Å². The normalized spacial score (nSPS) is 10.6. The van der Waals surface area contributed by atoms with E-state index in [2.05, 4.69) is 16.7 Å². The standard InChI is InChI=1S/C12H13NO/c1-11(9-10-14-13)7-8-12-5-3-2-4-6-12/h2-6,9H,10,13H2,1H3/b11-9+. The molecule has 0 aliphatic heterocycles. The summed E-state index contributed by atoms with van der Waals surface area (Å²) in [5, 5.41) is 0. The number of hydrogen-bond donors (Lipinski definition) is 1. The maximum absolute atomic E-state index is 4.89. The van der Waals surface area contributed by atoms with Crippen LogP contribution < -0.4 is 5.90 Å². The lowest BCUT2D eigenvalue weighted by Gasteiger charge is -1.89. The van der Waals surface area contributed by atoms with Crippen LogP contribution in [0.1, 0.15) is 12.5 Å². The van der Waals surface area contributed by atoms with E-state index in [0.29, 0.717) is 6.61 Å². The van der Waals surface area contributed by atoms with E-state index in [-0.39, 0.29) is 0 Å². The van der Waals surface area contributed by atoms with Crippen LogP contribution in [0.25, 0.3) is 0 Å². The highest BCUT2D eigenvalue weighted by molar-refractivity contribution is 5.39. The summed E-state index contributed by atoms with van der Waals surface area (Å²) in [6, 6.07) is 9.84. The third-order valence-corrected chi connectivity index (χ3v) is 1.66. The van der Waals surface area contributed by atoms with Crippen molar-refractivity contribution < 1.29 is 4.84 Å². The molecule has 0 saturated carbocycles. The molecule has 2 N–H and O–H groups in total. The fourth-order valence-corrected chi connectivity index (χ4v) is 0.916. The number of nitrogens with two attached hydrogens (primary N) is 1. The third kappa shape index (κ3) is 3.90. The minimum atomic E-state index is 0.398. The number of allylic oxidation sites excluding steroid dienone is 1. The minimum absolute atomic E-state index is 0.398. The van der Waals surface area contributed by atoms with Crippen molar-refractivity contribution in [2.75, 3.05) is 6.61 Å². The van der Waals surface area contributed by atoms with Crippen LogP contribution in [-0.4, -0.2) is 6.61 Å². The van der Waals surface area contributed by atoms with Gasteiger partial charge in [0.2, 0.25) is 0 Å². The second-order valence-electron chi connectivity index (χ2n) is 2.84. The molecule has 0 bridgehead atoms. The first-order chi connectivity index (χ1) is 6.83. The van der Waals surface area contributed by atoms with Crippen LogP contribution in [0.4, 0.5) is 0 Å². The van der Waals surface area contributed by atoms with Gasteiger partial charge in [-0.1, -0.05) is 30.0 Å². The van der Waals surface area contributed by atoms with Crippen LogP contribution >= 0.6 is 0 Å². The lowest BCUT2D eigenvalue weighted by Crippen LogP contribution is -1.97. The molecule has 0 radical (unpaired) electrons. The lowest BCUT2D eigenvalue weighted by molar-refractivity contribution is 0.167. The van der Waals surface area contributed by atoms with Gasteiger partial charge in [-0.2, -0.15) is 0 Å². The van der Waals surface area contributed by atoms with Crippen molar-refractivity contribution in [1.82, 2.24) is 0 Å². The van der Waals surface area contributed by atoms with Gasteiger partial charge in [0.1, 0.15) is 0 Å². The van der Waals surface area contributed by atoms with E-state index < -0.39 is 0 Å². The van der Waals surface area contributed by atoms with Crippen molar-refractivity contribution in [3.05, 3.63) is 47.5 Å². The molecule has 0 atom stereocenters. The summed E-state index contributed by atoms with van der Waals surface area (Å²) in [5.74, 6) is 10.9. The quantitative estimate of drug-likeness (QED) is 0.566. The van der Waals surface area contributed by atoms with E-state index in [4.69, 9.17) is 5.90 Å². The molecule has 0 aliphatic rings. The molecule has 0 aromatic heterocycles. The molecule has 2 nitrogen and oxygen atoms in total. The van der Waals surface area contributed by atoms with Crippen LogP contribution in [0, 0.1) is 11.8 Å².